The maximum Gasteiger partial charge on any atom is 0.243 e. The molecular formula is C11H15NO. The first-order valence-electron chi connectivity index (χ1n) is 4.91. The van der Waals surface area contributed by atoms with Gasteiger partial charge in [0.15, 0.2) is 0 Å². The van der Waals surface area contributed by atoms with E-state index in [-0.39, 0.29) is 5.91 Å². The molecule has 0 spiro atoms. The summed E-state index contributed by atoms with van der Waals surface area (Å²) in [5, 5.41) is 2.99. The number of carbonyl (C=O) groups is 1. The Labute approximate surface area is 78.7 Å². The van der Waals surface area contributed by atoms with Crippen LogP contribution in [0.5, 0.6) is 0 Å². The van der Waals surface area contributed by atoms with Gasteiger partial charge in [-0.05, 0) is 37.2 Å². The standard InChI is InChI=1S/C11H15NO/c1-2-11(13)12-10-7-8-3-5-9(10)6-4-8/h2-3,5,8-10H,1,4,6-7H2,(H,12,13). The van der Waals surface area contributed by atoms with Crippen LogP contribution in [0.4, 0.5) is 0 Å². The van der Waals surface area contributed by atoms with E-state index >= 15 is 0 Å². The molecule has 3 rings (SSSR count). The maximum atomic E-state index is 11.1. The summed E-state index contributed by atoms with van der Waals surface area (Å²) in [4.78, 5) is 11.1. The van der Waals surface area contributed by atoms with E-state index in [1.54, 1.807) is 0 Å². The van der Waals surface area contributed by atoms with Crippen molar-refractivity contribution in [3.63, 3.8) is 0 Å². The lowest BCUT2D eigenvalue weighted by Crippen LogP contribution is -2.44. The molecule has 13 heavy (non-hydrogen) atoms. The number of rotatable bonds is 2. The Hall–Kier alpha value is -1.05. The molecule has 0 aromatic rings. The number of allylic oxidation sites excluding steroid dienone is 1. The molecule has 2 bridgehead atoms. The fourth-order valence-corrected chi connectivity index (χ4v) is 2.34. The smallest absolute Gasteiger partial charge is 0.243 e. The average molecular weight is 177 g/mol. The van der Waals surface area contributed by atoms with E-state index < -0.39 is 0 Å². The zero-order valence-corrected chi connectivity index (χ0v) is 7.70. The maximum absolute atomic E-state index is 11.1. The first-order valence-corrected chi connectivity index (χ1v) is 4.91. The normalized spacial score (nSPS) is 35.8. The predicted octanol–water partition coefficient (Wildman–Crippen LogP) is 1.64. The van der Waals surface area contributed by atoms with Crippen molar-refractivity contribution in [3.8, 4) is 0 Å². The Balaban J connectivity index is 1.99. The van der Waals surface area contributed by atoms with Crippen LogP contribution in [0.15, 0.2) is 24.8 Å². The van der Waals surface area contributed by atoms with E-state index in [0.29, 0.717) is 17.9 Å². The summed E-state index contributed by atoms with van der Waals surface area (Å²) in [6.07, 6.45) is 9.54. The number of carbonyl (C=O) groups excluding carboxylic acids is 1. The number of fused-ring (bicyclic) bond motifs is 2. The molecule has 1 amide bonds. The number of hydrogen-bond acceptors (Lipinski definition) is 1. The third-order valence-electron chi connectivity index (χ3n) is 3.09. The minimum Gasteiger partial charge on any atom is -0.349 e. The highest BCUT2D eigenvalue weighted by Crippen LogP contribution is 2.35. The minimum atomic E-state index is -0.0362. The molecule has 1 fully saturated rings. The molecule has 3 aliphatic carbocycles. The van der Waals surface area contributed by atoms with Crippen LogP contribution in [0.3, 0.4) is 0 Å². The van der Waals surface area contributed by atoms with E-state index in [0.717, 1.165) is 6.42 Å². The number of hydrogen-bond donors (Lipinski definition) is 1. The summed E-state index contributed by atoms with van der Waals surface area (Å²) in [5.41, 5.74) is 0. The molecule has 1 saturated carbocycles. The Morgan fingerprint density at radius 3 is 2.77 bits per heavy atom. The van der Waals surface area contributed by atoms with Gasteiger partial charge in [0, 0.05) is 6.04 Å². The fraction of sp³-hybridized carbons (Fsp3) is 0.545. The highest BCUT2D eigenvalue weighted by atomic mass is 16.1. The summed E-state index contributed by atoms with van der Waals surface area (Å²) in [7, 11) is 0. The number of nitrogens with one attached hydrogen (secondary N) is 1. The molecule has 2 nitrogen and oxygen atoms in total. The minimum absolute atomic E-state index is 0.0362. The Kier molecular flexibility index (Phi) is 2.21. The summed E-state index contributed by atoms with van der Waals surface area (Å²) in [6.45, 7) is 3.46. The van der Waals surface area contributed by atoms with Crippen LogP contribution < -0.4 is 5.32 Å². The monoisotopic (exact) mass is 177 g/mol. The van der Waals surface area contributed by atoms with Crippen LogP contribution >= 0.6 is 0 Å². The molecule has 0 aromatic carbocycles. The first-order chi connectivity index (χ1) is 6.29. The third kappa shape index (κ3) is 1.67. The second kappa shape index (κ2) is 3.36. The van der Waals surface area contributed by atoms with Gasteiger partial charge in [0.05, 0.1) is 0 Å². The summed E-state index contributed by atoms with van der Waals surface area (Å²) in [6, 6.07) is 0.356. The van der Waals surface area contributed by atoms with Gasteiger partial charge in [-0.1, -0.05) is 18.7 Å². The molecule has 70 valence electrons. The van der Waals surface area contributed by atoms with Gasteiger partial charge in [0.1, 0.15) is 0 Å². The summed E-state index contributed by atoms with van der Waals surface area (Å²) >= 11 is 0. The van der Waals surface area contributed by atoms with Gasteiger partial charge in [-0.25, -0.2) is 0 Å². The Morgan fingerprint density at radius 1 is 1.46 bits per heavy atom. The third-order valence-corrected chi connectivity index (χ3v) is 3.09. The van der Waals surface area contributed by atoms with Crippen LogP contribution in [0.1, 0.15) is 19.3 Å². The molecule has 0 radical (unpaired) electrons. The molecule has 0 heterocycles. The van der Waals surface area contributed by atoms with Gasteiger partial charge in [0.25, 0.3) is 0 Å². The largest absolute Gasteiger partial charge is 0.349 e. The Morgan fingerprint density at radius 2 is 2.31 bits per heavy atom. The molecule has 0 aromatic heterocycles. The van der Waals surface area contributed by atoms with Gasteiger partial charge in [-0.15, -0.1) is 0 Å². The van der Waals surface area contributed by atoms with Crippen LogP contribution in [-0.2, 0) is 4.79 Å². The van der Waals surface area contributed by atoms with Crippen molar-refractivity contribution in [2.24, 2.45) is 11.8 Å². The molecule has 1 N–H and O–H groups in total. The lowest BCUT2D eigenvalue weighted by molar-refractivity contribution is -0.117. The van der Waals surface area contributed by atoms with Crippen LogP contribution in [0, 0.1) is 11.8 Å². The van der Waals surface area contributed by atoms with Gasteiger partial charge in [-0.2, -0.15) is 0 Å². The van der Waals surface area contributed by atoms with Crippen molar-refractivity contribution in [2.75, 3.05) is 0 Å². The molecule has 3 atom stereocenters. The topological polar surface area (TPSA) is 29.1 Å². The fourth-order valence-electron chi connectivity index (χ4n) is 2.34. The average Bonchev–Trinajstić information content (AvgIpc) is 2.19. The van der Waals surface area contributed by atoms with Crippen LogP contribution in [-0.4, -0.2) is 11.9 Å². The molecule has 0 saturated heterocycles. The van der Waals surface area contributed by atoms with Crippen molar-refractivity contribution in [2.45, 2.75) is 25.3 Å². The number of amides is 1. The molecule has 3 unspecified atom stereocenters. The van der Waals surface area contributed by atoms with E-state index in [9.17, 15) is 4.79 Å². The zero-order valence-electron chi connectivity index (χ0n) is 7.70. The van der Waals surface area contributed by atoms with Gasteiger partial charge in [-0.3, -0.25) is 4.79 Å². The van der Waals surface area contributed by atoms with Crippen molar-refractivity contribution in [1.29, 1.82) is 0 Å². The summed E-state index contributed by atoms with van der Waals surface area (Å²) < 4.78 is 0. The van der Waals surface area contributed by atoms with Gasteiger partial charge in [0.2, 0.25) is 5.91 Å². The highest BCUT2D eigenvalue weighted by Gasteiger charge is 2.32. The van der Waals surface area contributed by atoms with E-state index in [1.807, 2.05) is 0 Å². The quantitative estimate of drug-likeness (QED) is 0.504. The van der Waals surface area contributed by atoms with Crippen molar-refractivity contribution in [1.82, 2.24) is 5.32 Å². The lowest BCUT2D eigenvalue weighted by atomic mass is 9.73. The van der Waals surface area contributed by atoms with E-state index in [4.69, 9.17) is 0 Å². The molecular weight excluding hydrogens is 162 g/mol. The predicted molar refractivity (Wildman–Crippen MR) is 52.1 cm³/mol. The van der Waals surface area contributed by atoms with Crippen molar-refractivity contribution >= 4 is 5.91 Å². The van der Waals surface area contributed by atoms with Gasteiger partial charge < -0.3 is 5.32 Å². The molecule has 3 aliphatic rings. The van der Waals surface area contributed by atoms with Crippen molar-refractivity contribution < 1.29 is 4.79 Å². The Bertz CT molecular complexity index is 257. The highest BCUT2D eigenvalue weighted by molar-refractivity contribution is 5.87. The van der Waals surface area contributed by atoms with E-state index in [2.05, 4.69) is 24.0 Å². The van der Waals surface area contributed by atoms with Crippen LogP contribution in [0.2, 0.25) is 0 Å². The lowest BCUT2D eigenvalue weighted by Gasteiger charge is -2.38. The van der Waals surface area contributed by atoms with E-state index in [1.165, 1.54) is 18.9 Å². The first kappa shape index (κ1) is 8.54. The SMILES string of the molecule is C=CC(=O)NC1CC2C=CC1CC2. The molecule has 2 heteroatoms. The van der Waals surface area contributed by atoms with Crippen molar-refractivity contribution in [3.05, 3.63) is 24.8 Å². The second-order valence-corrected chi connectivity index (χ2v) is 3.94. The van der Waals surface area contributed by atoms with Gasteiger partial charge >= 0.3 is 0 Å². The zero-order chi connectivity index (χ0) is 9.26. The molecule has 0 aliphatic heterocycles. The summed E-state index contributed by atoms with van der Waals surface area (Å²) in [5.74, 6) is 1.22. The van der Waals surface area contributed by atoms with Crippen LogP contribution in [0.25, 0.3) is 0 Å². The second-order valence-electron chi connectivity index (χ2n) is 3.94.